The van der Waals surface area contributed by atoms with E-state index >= 15 is 0 Å². The molecule has 2 aromatic carbocycles. The van der Waals surface area contributed by atoms with Crippen LogP contribution in [0.4, 0.5) is 34.5 Å². The molecule has 7 rings (SSSR count). The SMILES string of the molecule is COc1cc(N2CCC(N3CCN(C)CC3)CC2)c(C(C)C)cc1Nc1nc(Nc2ccc3nccnc3c2N(C)C)c2cc[nH]c2n1. The summed E-state index contributed by atoms with van der Waals surface area (Å²) >= 11 is 0. The van der Waals surface area contributed by atoms with Gasteiger partial charge in [-0.25, -0.2) is 0 Å². The maximum Gasteiger partial charge on any atom is 0.231 e. The molecule has 3 aromatic heterocycles. The Morgan fingerprint density at radius 2 is 1.69 bits per heavy atom. The highest BCUT2D eigenvalue weighted by Crippen LogP contribution is 2.40. The van der Waals surface area contributed by atoms with Crippen LogP contribution in [0.3, 0.4) is 0 Å². The minimum absolute atomic E-state index is 0.325. The minimum atomic E-state index is 0.325. The summed E-state index contributed by atoms with van der Waals surface area (Å²) in [7, 11) is 7.96. The smallest absolute Gasteiger partial charge is 0.231 e. The Hall–Kier alpha value is -4.68. The molecule has 0 unspecified atom stereocenters. The summed E-state index contributed by atoms with van der Waals surface area (Å²) in [5.41, 5.74) is 7.56. The quantitative estimate of drug-likeness (QED) is 0.180. The fourth-order valence-corrected chi connectivity index (χ4v) is 7.16. The molecule has 252 valence electrons. The van der Waals surface area contributed by atoms with E-state index in [-0.39, 0.29) is 0 Å². The van der Waals surface area contributed by atoms with Crippen molar-refractivity contribution in [2.75, 3.05) is 88.0 Å². The zero-order valence-electron chi connectivity index (χ0n) is 28.9. The van der Waals surface area contributed by atoms with E-state index in [0.717, 1.165) is 71.1 Å². The molecule has 3 N–H and O–H groups in total. The fraction of sp³-hybridized carbons (Fsp3) is 0.444. The first kappa shape index (κ1) is 31.9. The molecule has 0 atom stereocenters. The number of ether oxygens (including phenoxy) is 1. The van der Waals surface area contributed by atoms with Crippen LogP contribution in [-0.4, -0.2) is 108 Å². The average molecular weight is 650 g/mol. The highest BCUT2D eigenvalue weighted by Gasteiger charge is 2.28. The Morgan fingerprint density at radius 1 is 0.917 bits per heavy atom. The van der Waals surface area contributed by atoms with Crippen LogP contribution in [0.2, 0.25) is 0 Å². The first-order chi connectivity index (χ1) is 23.3. The molecular weight excluding hydrogens is 602 g/mol. The van der Waals surface area contributed by atoms with Crippen LogP contribution >= 0.6 is 0 Å². The maximum absolute atomic E-state index is 5.99. The van der Waals surface area contributed by atoms with Gasteiger partial charge >= 0.3 is 0 Å². The largest absolute Gasteiger partial charge is 0.494 e. The lowest BCUT2D eigenvalue weighted by Gasteiger charge is -2.43. The number of piperazine rings is 1. The number of aromatic nitrogens is 5. The zero-order valence-corrected chi connectivity index (χ0v) is 28.9. The molecule has 0 aliphatic carbocycles. The molecular formula is C36H47N11O. The third kappa shape index (κ3) is 6.29. The van der Waals surface area contributed by atoms with Crippen molar-refractivity contribution in [1.29, 1.82) is 0 Å². The Bertz CT molecular complexity index is 1890. The number of anilines is 6. The second-order valence-electron chi connectivity index (χ2n) is 13.5. The van der Waals surface area contributed by atoms with Gasteiger partial charge in [0, 0.05) is 89.8 Å². The number of benzene rings is 2. The van der Waals surface area contributed by atoms with Crippen LogP contribution in [0.25, 0.3) is 22.1 Å². The number of rotatable bonds is 9. The number of likely N-dealkylation sites (N-methyl/N-ethyl adjacent to an activating group) is 1. The average Bonchev–Trinajstić information content (AvgIpc) is 3.57. The van der Waals surface area contributed by atoms with Crippen molar-refractivity contribution >= 4 is 56.6 Å². The van der Waals surface area contributed by atoms with Gasteiger partial charge in [0.1, 0.15) is 22.7 Å². The predicted octanol–water partition coefficient (Wildman–Crippen LogP) is 5.80. The summed E-state index contributed by atoms with van der Waals surface area (Å²) in [5, 5.41) is 7.97. The van der Waals surface area contributed by atoms with E-state index in [9.17, 15) is 0 Å². The molecule has 2 fully saturated rings. The van der Waals surface area contributed by atoms with Gasteiger partial charge in [0.25, 0.3) is 0 Å². The van der Waals surface area contributed by atoms with Gasteiger partial charge in [-0.15, -0.1) is 0 Å². The zero-order chi connectivity index (χ0) is 33.4. The Kier molecular flexibility index (Phi) is 8.93. The molecule has 0 amide bonds. The number of hydrogen-bond donors (Lipinski definition) is 3. The normalized spacial score (nSPS) is 16.6. The van der Waals surface area contributed by atoms with E-state index < -0.39 is 0 Å². The van der Waals surface area contributed by atoms with Gasteiger partial charge in [-0.05, 0) is 55.6 Å². The summed E-state index contributed by atoms with van der Waals surface area (Å²) in [6.07, 6.45) is 7.68. The molecule has 0 bridgehead atoms. The summed E-state index contributed by atoms with van der Waals surface area (Å²) < 4.78 is 5.99. The van der Waals surface area contributed by atoms with Gasteiger partial charge < -0.3 is 35.1 Å². The van der Waals surface area contributed by atoms with Crippen molar-refractivity contribution in [2.24, 2.45) is 0 Å². The van der Waals surface area contributed by atoms with E-state index in [1.165, 1.54) is 37.2 Å². The van der Waals surface area contributed by atoms with Gasteiger partial charge in [-0.2, -0.15) is 9.97 Å². The van der Waals surface area contributed by atoms with Crippen molar-refractivity contribution in [3.8, 4) is 5.75 Å². The number of nitrogens with zero attached hydrogens (tertiary/aromatic N) is 8. The summed E-state index contributed by atoms with van der Waals surface area (Å²) in [5.74, 6) is 2.24. The molecule has 48 heavy (non-hydrogen) atoms. The molecule has 2 saturated heterocycles. The monoisotopic (exact) mass is 649 g/mol. The van der Waals surface area contributed by atoms with Crippen LogP contribution < -0.4 is 25.2 Å². The lowest BCUT2D eigenvalue weighted by Crippen LogP contribution is -2.52. The van der Waals surface area contributed by atoms with Gasteiger partial charge in [-0.1, -0.05) is 13.8 Å². The minimum Gasteiger partial charge on any atom is -0.494 e. The van der Waals surface area contributed by atoms with Crippen molar-refractivity contribution in [2.45, 2.75) is 38.6 Å². The first-order valence-corrected chi connectivity index (χ1v) is 17.0. The molecule has 0 saturated carbocycles. The highest BCUT2D eigenvalue weighted by atomic mass is 16.5. The number of aromatic amines is 1. The Morgan fingerprint density at radius 3 is 2.42 bits per heavy atom. The van der Waals surface area contributed by atoms with E-state index in [0.29, 0.717) is 23.7 Å². The standard InChI is InChI=1S/C36H47N11O/c1-23(2)26-21-29(31(48-6)22-30(26)47-15-10-24(11-16-47)46-19-17-45(5)18-20-46)41-36-42-34-25(9-12-39-34)35(43-36)40-28-8-7-27-32(33(28)44(3)4)38-14-13-37-27/h7-9,12-14,21-24H,10-11,15-20H2,1-6H3,(H3,39,40,41,42,43). The van der Waals surface area contributed by atoms with Crippen LogP contribution in [0.5, 0.6) is 5.75 Å². The Labute approximate surface area is 282 Å². The number of piperidine rings is 1. The molecule has 5 aromatic rings. The molecule has 2 aliphatic heterocycles. The number of hydrogen-bond acceptors (Lipinski definition) is 11. The van der Waals surface area contributed by atoms with Crippen LogP contribution in [0.1, 0.15) is 38.2 Å². The second-order valence-corrected chi connectivity index (χ2v) is 13.5. The van der Waals surface area contributed by atoms with Crippen molar-refractivity contribution in [3.05, 3.63) is 54.5 Å². The lowest BCUT2D eigenvalue weighted by molar-refractivity contribution is 0.0982. The maximum atomic E-state index is 5.99. The third-order valence-corrected chi connectivity index (χ3v) is 9.81. The Balaban J connectivity index is 1.17. The molecule has 12 nitrogen and oxygen atoms in total. The molecule has 12 heteroatoms. The van der Waals surface area contributed by atoms with Crippen molar-refractivity contribution in [3.63, 3.8) is 0 Å². The van der Waals surface area contributed by atoms with Crippen LogP contribution in [0, 0.1) is 0 Å². The van der Waals surface area contributed by atoms with E-state index in [1.807, 2.05) is 43.4 Å². The lowest BCUT2D eigenvalue weighted by atomic mass is 9.96. The molecule has 0 spiro atoms. The van der Waals surface area contributed by atoms with E-state index in [1.54, 1.807) is 19.5 Å². The van der Waals surface area contributed by atoms with E-state index in [2.05, 4.69) is 73.3 Å². The number of nitrogens with one attached hydrogen (secondary N) is 3. The third-order valence-electron chi connectivity index (χ3n) is 9.81. The highest BCUT2D eigenvalue weighted by molar-refractivity contribution is 5.99. The topological polar surface area (TPSA) is 114 Å². The number of methoxy groups -OCH3 is 1. The van der Waals surface area contributed by atoms with Crippen LogP contribution in [0.15, 0.2) is 48.9 Å². The first-order valence-electron chi connectivity index (χ1n) is 17.0. The molecule has 0 radical (unpaired) electrons. The van der Waals surface area contributed by atoms with Gasteiger partial charge in [0.15, 0.2) is 0 Å². The summed E-state index contributed by atoms with van der Waals surface area (Å²) in [6, 6.07) is 11.1. The summed E-state index contributed by atoms with van der Waals surface area (Å²) in [4.78, 5) is 31.9. The van der Waals surface area contributed by atoms with E-state index in [4.69, 9.17) is 14.7 Å². The predicted molar refractivity (Wildman–Crippen MR) is 196 cm³/mol. The van der Waals surface area contributed by atoms with Gasteiger partial charge in [0.2, 0.25) is 5.95 Å². The summed E-state index contributed by atoms with van der Waals surface area (Å²) in [6.45, 7) is 11.3. The number of H-pyrrole nitrogens is 1. The molecule has 5 heterocycles. The van der Waals surface area contributed by atoms with Crippen molar-refractivity contribution < 1.29 is 4.74 Å². The van der Waals surface area contributed by atoms with Gasteiger partial charge in [0.05, 0.1) is 35.1 Å². The molecule has 2 aliphatic rings. The second kappa shape index (κ2) is 13.4. The fourth-order valence-electron chi connectivity index (χ4n) is 7.16. The number of fused-ring (bicyclic) bond motifs is 2. The van der Waals surface area contributed by atoms with Crippen LogP contribution in [-0.2, 0) is 0 Å². The van der Waals surface area contributed by atoms with Gasteiger partial charge in [-0.3, -0.25) is 14.9 Å². The van der Waals surface area contributed by atoms with Crippen molar-refractivity contribution in [1.82, 2.24) is 34.7 Å².